The summed E-state index contributed by atoms with van der Waals surface area (Å²) in [5.74, 6) is -2.34. The summed E-state index contributed by atoms with van der Waals surface area (Å²) in [6.07, 6.45) is 2.33. The first-order valence-electron chi connectivity index (χ1n) is 10.00. The van der Waals surface area contributed by atoms with Gasteiger partial charge in [0.05, 0.1) is 17.6 Å². The second-order valence-electron chi connectivity index (χ2n) is 8.56. The quantitative estimate of drug-likeness (QED) is 0.560. The summed E-state index contributed by atoms with van der Waals surface area (Å²) >= 11 is 0. The third-order valence-electron chi connectivity index (χ3n) is 4.85. The third-order valence-corrected chi connectivity index (χ3v) is 4.85. The predicted octanol–water partition coefficient (Wildman–Crippen LogP) is -0.130. The Morgan fingerprint density at radius 2 is 2.00 bits per heavy atom. The standard InChI is InChI=1S/C20H27N5O7/c1-20(2,3)19(29)32-13-12(9-26)30-17(25-10-22-16(23-25)15(21)27)14(13)31-18(28)11-6-5-7-24(4)8-11/h5,7-8,10,12-14,17,26H,6,9H2,1-4H3,(H2,21,27)/t12-,13-,14-,17-/m1/s1. The lowest BCUT2D eigenvalue weighted by molar-refractivity contribution is -0.172. The fourth-order valence-electron chi connectivity index (χ4n) is 3.17. The number of carbonyl (C=O) groups excluding carboxylic acids is 3. The highest BCUT2D eigenvalue weighted by molar-refractivity contribution is 5.89. The van der Waals surface area contributed by atoms with E-state index in [-0.39, 0.29) is 5.82 Å². The molecule has 0 radical (unpaired) electrons. The van der Waals surface area contributed by atoms with E-state index >= 15 is 0 Å². The number of ether oxygens (including phenoxy) is 3. The summed E-state index contributed by atoms with van der Waals surface area (Å²) < 4.78 is 18.3. The number of aliphatic hydroxyl groups is 1. The van der Waals surface area contributed by atoms with Crippen LogP contribution in [-0.2, 0) is 23.8 Å². The van der Waals surface area contributed by atoms with Crippen LogP contribution in [-0.4, -0.2) is 74.6 Å². The highest BCUT2D eigenvalue weighted by atomic mass is 16.6. The molecule has 1 saturated heterocycles. The number of esters is 2. The average molecular weight is 449 g/mol. The van der Waals surface area contributed by atoms with Gasteiger partial charge in [0.15, 0.2) is 18.4 Å². The maximum atomic E-state index is 12.9. The zero-order chi connectivity index (χ0) is 23.6. The molecule has 0 aromatic carbocycles. The van der Waals surface area contributed by atoms with Crippen molar-refractivity contribution in [3.8, 4) is 0 Å². The molecule has 4 atom stereocenters. The number of carbonyl (C=O) groups is 3. The van der Waals surface area contributed by atoms with Gasteiger partial charge in [0.1, 0.15) is 12.4 Å². The normalized spacial score (nSPS) is 25.4. The first-order chi connectivity index (χ1) is 15.0. The molecule has 3 heterocycles. The van der Waals surface area contributed by atoms with Gasteiger partial charge in [0.2, 0.25) is 5.82 Å². The molecule has 12 heteroatoms. The van der Waals surface area contributed by atoms with E-state index in [4.69, 9.17) is 19.9 Å². The van der Waals surface area contributed by atoms with Crippen LogP contribution in [0, 0.1) is 5.41 Å². The molecule has 2 aliphatic rings. The number of nitrogens with two attached hydrogens (primary N) is 1. The van der Waals surface area contributed by atoms with Crippen molar-refractivity contribution < 1.29 is 33.7 Å². The lowest BCUT2D eigenvalue weighted by atomic mass is 9.97. The van der Waals surface area contributed by atoms with Gasteiger partial charge in [-0.25, -0.2) is 14.5 Å². The lowest BCUT2D eigenvalue weighted by Gasteiger charge is -2.27. The fraction of sp³-hybridized carbons (Fsp3) is 0.550. The molecule has 0 bridgehead atoms. The summed E-state index contributed by atoms with van der Waals surface area (Å²) in [6, 6.07) is 0. The Balaban J connectivity index is 1.93. The highest BCUT2D eigenvalue weighted by Crippen LogP contribution is 2.35. The number of hydrogen-bond donors (Lipinski definition) is 2. The Morgan fingerprint density at radius 3 is 2.56 bits per heavy atom. The van der Waals surface area contributed by atoms with Gasteiger partial charge >= 0.3 is 11.9 Å². The van der Waals surface area contributed by atoms with Crippen LogP contribution in [0.4, 0.5) is 0 Å². The Bertz CT molecular complexity index is 948. The second kappa shape index (κ2) is 9.09. The predicted molar refractivity (Wildman–Crippen MR) is 108 cm³/mol. The lowest BCUT2D eigenvalue weighted by Crippen LogP contribution is -2.43. The van der Waals surface area contributed by atoms with Crippen LogP contribution in [0.2, 0.25) is 0 Å². The van der Waals surface area contributed by atoms with Gasteiger partial charge in [-0.3, -0.25) is 9.59 Å². The van der Waals surface area contributed by atoms with E-state index in [1.54, 1.807) is 51.2 Å². The number of rotatable bonds is 6. The van der Waals surface area contributed by atoms with E-state index in [1.165, 1.54) is 6.33 Å². The number of hydrogen-bond acceptors (Lipinski definition) is 10. The number of primary amides is 1. The van der Waals surface area contributed by atoms with Crippen LogP contribution in [0.5, 0.6) is 0 Å². The highest BCUT2D eigenvalue weighted by Gasteiger charge is 2.51. The maximum Gasteiger partial charge on any atom is 0.336 e. The summed E-state index contributed by atoms with van der Waals surface area (Å²) in [7, 11) is 1.76. The summed E-state index contributed by atoms with van der Waals surface area (Å²) in [5, 5.41) is 13.8. The summed E-state index contributed by atoms with van der Waals surface area (Å²) in [5.41, 5.74) is 4.74. The molecule has 32 heavy (non-hydrogen) atoms. The number of allylic oxidation sites excluding steroid dienone is 1. The number of amides is 1. The Kier molecular flexibility index (Phi) is 6.65. The molecule has 3 N–H and O–H groups in total. The van der Waals surface area contributed by atoms with E-state index in [0.29, 0.717) is 12.0 Å². The van der Waals surface area contributed by atoms with Crippen molar-refractivity contribution in [2.75, 3.05) is 13.7 Å². The zero-order valence-electron chi connectivity index (χ0n) is 18.3. The minimum absolute atomic E-state index is 0.267. The van der Waals surface area contributed by atoms with Crippen LogP contribution in [0.15, 0.2) is 30.4 Å². The van der Waals surface area contributed by atoms with Crippen LogP contribution in [0.25, 0.3) is 0 Å². The third kappa shape index (κ3) is 4.97. The Morgan fingerprint density at radius 1 is 1.28 bits per heavy atom. The molecule has 12 nitrogen and oxygen atoms in total. The van der Waals surface area contributed by atoms with Crippen molar-refractivity contribution >= 4 is 17.8 Å². The van der Waals surface area contributed by atoms with Crippen LogP contribution < -0.4 is 5.73 Å². The number of nitrogens with zero attached hydrogens (tertiary/aromatic N) is 4. The SMILES string of the molecule is CN1C=CCC(C(=O)O[C@@H]2[C@H](OC(=O)C(C)(C)C)[C@@H](CO)O[C@H]2n2cnc(C(N)=O)n2)=C1. The smallest absolute Gasteiger partial charge is 0.336 e. The van der Waals surface area contributed by atoms with Crippen molar-refractivity contribution in [1.29, 1.82) is 0 Å². The summed E-state index contributed by atoms with van der Waals surface area (Å²) in [6.45, 7) is 4.49. The average Bonchev–Trinajstić information content (AvgIpc) is 3.33. The topological polar surface area (TPSA) is 159 Å². The number of aliphatic hydroxyl groups excluding tert-OH is 1. The van der Waals surface area contributed by atoms with Crippen molar-refractivity contribution in [3.63, 3.8) is 0 Å². The molecule has 174 valence electrons. The van der Waals surface area contributed by atoms with Crippen molar-refractivity contribution in [3.05, 3.63) is 36.2 Å². The minimum atomic E-state index is -1.18. The maximum absolute atomic E-state index is 12.9. The molecule has 1 amide bonds. The van der Waals surface area contributed by atoms with Gasteiger partial charge in [0, 0.05) is 19.7 Å². The Hall–Kier alpha value is -3.25. The van der Waals surface area contributed by atoms with Gasteiger partial charge in [-0.2, -0.15) is 0 Å². The summed E-state index contributed by atoms with van der Waals surface area (Å²) in [4.78, 5) is 42.4. The van der Waals surface area contributed by atoms with Gasteiger partial charge in [-0.15, -0.1) is 5.10 Å². The molecule has 0 unspecified atom stereocenters. The van der Waals surface area contributed by atoms with Gasteiger partial charge in [-0.05, 0) is 27.0 Å². The molecule has 0 saturated carbocycles. The molecule has 0 spiro atoms. The van der Waals surface area contributed by atoms with E-state index in [9.17, 15) is 19.5 Å². The van der Waals surface area contributed by atoms with E-state index < -0.39 is 54.4 Å². The van der Waals surface area contributed by atoms with Crippen molar-refractivity contribution in [2.45, 2.75) is 51.7 Å². The van der Waals surface area contributed by atoms with Gasteiger partial charge in [-0.1, -0.05) is 6.08 Å². The van der Waals surface area contributed by atoms with Crippen LogP contribution in [0.1, 0.15) is 44.0 Å². The molecular formula is C20H27N5O7. The van der Waals surface area contributed by atoms with Gasteiger partial charge in [0.25, 0.3) is 5.91 Å². The molecule has 3 rings (SSSR count). The monoisotopic (exact) mass is 449 g/mol. The molecule has 1 aromatic rings. The molecule has 1 aromatic heterocycles. The second-order valence-corrected chi connectivity index (χ2v) is 8.56. The van der Waals surface area contributed by atoms with Gasteiger partial charge < -0.3 is 30.0 Å². The first kappa shape index (κ1) is 23.4. The van der Waals surface area contributed by atoms with Crippen LogP contribution in [0.3, 0.4) is 0 Å². The van der Waals surface area contributed by atoms with E-state index in [1.807, 2.05) is 0 Å². The number of aromatic nitrogens is 3. The molecule has 2 aliphatic heterocycles. The van der Waals surface area contributed by atoms with Crippen molar-refractivity contribution in [1.82, 2.24) is 19.7 Å². The molecule has 1 fully saturated rings. The van der Waals surface area contributed by atoms with E-state index in [0.717, 1.165) is 4.68 Å². The first-order valence-corrected chi connectivity index (χ1v) is 10.00. The molecular weight excluding hydrogens is 422 g/mol. The minimum Gasteiger partial charge on any atom is -0.455 e. The largest absolute Gasteiger partial charge is 0.455 e. The Labute approximate surface area is 184 Å². The fourth-order valence-corrected chi connectivity index (χ4v) is 3.17. The van der Waals surface area contributed by atoms with E-state index in [2.05, 4.69) is 10.1 Å². The van der Waals surface area contributed by atoms with Crippen LogP contribution >= 0.6 is 0 Å². The zero-order valence-corrected chi connectivity index (χ0v) is 18.3. The molecule has 0 aliphatic carbocycles. The van der Waals surface area contributed by atoms with Crippen molar-refractivity contribution in [2.24, 2.45) is 11.1 Å².